The van der Waals surface area contributed by atoms with Gasteiger partial charge in [0.2, 0.25) is 0 Å². The Bertz CT molecular complexity index is 1530. The van der Waals surface area contributed by atoms with Crippen LogP contribution in [0.5, 0.6) is 0 Å². The molecule has 0 heterocycles. The molecule has 78 heavy (non-hydrogen) atoms. The summed E-state index contributed by atoms with van der Waals surface area (Å²) in [6, 6.07) is 0. The summed E-state index contributed by atoms with van der Waals surface area (Å²) in [6.07, 6.45) is 88.6. The Balaban J connectivity index is 4.27. The number of carbonyl (C=O) groups excluding carboxylic acids is 3. The zero-order valence-corrected chi connectivity index (χ0v) is 51.4. The lowest BCUT2D eigenvalue weighted by atomic mass is 10.0. The fraction of sp³-hybridized carbons (Fsp3) is 0.736. The molecule has 6 nitrogen and oxygen atoms in total. The highest BCUT2D eigenvalue weighted by Crippen LogP contribution is 2.17. The van der Waals surface area contributed by atoms with E-state index in [1.807, 2.05) is 0 Å². The van der Waals surface area contributed by atoms with Crippen LogP contribution in [0, 0.1) is 0 Å². The molecule has 0 aromatic heterocycles. The molecule has 0 bridgehead atoms. The molecular weight excluding hydrogens is 961 g/mol. The van der Waals surface area contributed by atoms with Crippen molar-refractivity contribution in [3.8, 4) is 0 Å². The third-order valence-corrected chi connectivity index (χ3v) is 14.3. The van der Waals surface area contributed by atoms with E-state index in [2.05, 4.69) is 118 Å². The maximum atomic E-state index is 12.9. The summed E-state index contributed by atoms with van der Waals surface area (Å²) in [7, 11) is 0. The minimum absolute atomic E-state index is 0.0907. The van der Waals surface area contributed by atoms with Gasteiger partial charge in [0.15, 0.2) is 6.10 Å². The Kier molecular flexibility index (Phi) is 62.7. The highest BCUT2D eigenvalue weighted by Gasteiger charge is 2.19. The lowest BCUT2D eigenvalue weighted by Crippen LogP contribution is -2.30. The van der Waals surface area contributed by atoms with Crippen LogP contribution in [0.4, 0.5) is 0 Å². The van der Waals surface area contributed by atoms with E-state index in [-0.39, 0.29) is 31.1 Å². The van der Waals surface area contributed by atoms with Crippen molar-refractivity contribution in [2.24, 2.45) is 0 Å². The maximum absolute atomic E-state index is 12.9. The first-order chi connectivity index (χ1) is 38.5. The predicted molar refractivity (Wildman–Crippen MR) is 339 cm³/mol. The van der Waals surface area contributed by atoms with Gasteiger partial charge in [-0.05, 0) is 116 Å². The van der Waals surface area contributed by atoms with Crippen LogP contribution in [0.3, 0.4) is 0 Å². The topological polar surface area (TPSA) is 78.9 Å². The molecule has 0 saturated heterocycles. The second-order valence-corrected chi connectivity index (χ2v) is 22.0. The minimum atomic E-state index is -0.797. The van der Waals surface area contributed by atoms with E-state index in [0.29, 0.717) is 19.3 Å². The van der Waals surface area contributed by atoms with E-state index < -0.39 is 6.10 Å². The van der Waals surface area contributed by atoms with Gasteiger partial charge in [0.1, 0.15) is 13.2 Å². The molecule has 0 amide bonds. The number of allylic oxidation sites excluding steroid dienone is 16. The Morgan fingerprint density at radius 1 is 0.269 bits per heavy atom. The monoisotopic (exact) mass is 1080 g/mol. The van der Waals surface area contributed by atoms with Crippen LogP contribution in [0.1, 0.15) is 323 Å². The molecular formula is C72H124O6. The van der Waals surface area contributed by atoms with Crippen molar-refractivity contribution < 1.29 is 28.6 Å². The number of ether oxygens (including phenoxy) is 3. The van der Waals surface area contributed by atoms with E-state index in [0.717, 1.165) is 128 Å². The van der Waals surface area contributed by atoms with Crippen molar-refractivity contribution in [2.75, 3.05) is 13.2 Å². The molecule has 448 valence electrons. The molecule has 1 unspecified atom stereocenters. The standard InChI is InChI=1S/C72H124O6/c1-4-7-10-13-16-19-22-25-28-30-31-32-33-34-35-36-37-38-39-40-41-43-44-47-50-53-56-59-62-65-71(74)77-68-69(67-76-70(73)64-61-58-55-52-49-46-27-24-21-18-15-12-9-6-3)78-72(75)66-63-60-57-54-51-48-45-42-29-26-23-20-17-14-11-8-5-2/h8,11,15,17-18,20,22,24-27,29-31,45,48,69H,4-7,9-10,12-14,16,19,21,23,28,32-44,46-47,49-68H2,1-3H3/b11-8-,18-15-,20-17-,25-22-,27-24-,29-26-,31-30-,48-45-. The highest BCUT2D eigenvalue weighted by molar-refractivity contribution is 5.71. The Hall–Kier alpha value is -3.67. The number of esters is 3. The summed E-state index contributed by atoms with van der Waals surface area (Å²) in [5, 5.41) is 0. The molecule has 0 fully saturated rings. The predicted octanol–water partition coefficient (Wildman–Crippen LogP) is 22.8. The SMILES string of the molecule is CC/C=C\C/C=C\C/C=C\C/C=C\CCCCCCC(=O)OC(COC(=O)CCCCCCC/C=C\C/C=C\CCCC)COC(=O)CCCCCCCCCCCCCCCCCCC/C=C\C/C=C\CCCCCCC. The lowest BCUT2D eigenvalue weighted by Gasteiger charge is -2.18. The third kappa shape index (κ3) is 63.2. The maximum Gasteiger partial charge on any atom is 0.306 e. The first kappa shape index (κ1) is 74.3. The van der Waals surface area contributed by atoms with Crippen LogP contribution >= 0.6 is 0 Å². The fourth-order valence-corrected chi connectivity index (χ4v) is 9.31. The minimum Gasteiger partial charge on any atom is -0.462 e. The number of unbranched alkanes of at least 4 members (excludes halogenated alkanes) is 33. The van der Waals surface area contributed by atoms with E-state index in [9.17, 15) is 14.4 Å². The van der Waals surface area contributed by atoms with Gasteiger partial charge in [-0.2, -0.15) is 0 Å². The van der Waals surface area contributed by atoms with Gasteiger partial charge in [0, 0.05) is 19.3 Å². The van der Waals surface area contributed by atoms with Crippen LogP contribution < -0.4 is 0 Å². The summed E-state index contributed by atoms with van der Waals surface area (Å²) in [5.74, 6) is -0.919. The third-order valence-electron chi connectivity index (χ3n) is 14.3. The largest absolute Gasteiger partial charge is 0.462 e. The van der Waals surface area contributed by atoms with Gasteiger partial charge in [-0.1, -0.05) is 285 Å². The van der Waals surface area contributed by atoms with Crippen molar-refractivity contribution in [2.45, 2.75) is 329 Å². The van der Waals surface area contributed by atoms with E-state index in [1.54, 1.807) is 0 Å². The smallest absolute Gasteiger partial charge is 0.306 e. The van der Waals surface area contributed by atoms with Gasteiger partial charge in [-0.15, -0.1) is 0 Å². The number of rotatable bonds is 60. The van der Waals surface area contributed by atoms with Gasteiger partial charge in [-0.25, -0.2) is 0 Å². The first-order valence-corrected chi connectivity index (χ1v) is 33.2. The van der Waals surface area contributed by atoms with Crippen LogP contribution in [0.15, 0.2) is 97.2 Å². The molecule has 0 saturated carbocycles. The summed E-state index contributed by atoms with van der Waals surface area (Å²) in [5.41, 5.74) is 0. The van der Waals surface area contributed by atoms with Crippen LogP contribution in [0.2, 0.25) is 0 Å². The van der Waals surface area contributed by atoms with E-state index in [1.165, 1.54) is 154 Å². The molecule has 0 rings (SSSR count). The van der Waals surface area contributed by atoms with Crippen molar-refractivity contribution in [3.05, 3.63) is 97.2 Å². The average molecular weight is 1090 g/mol. The zero-order chi connectivity index (χ0) is 56.4. The fourth-order valence-electron chi connectivity index (χ4n) is 9.31. The van der Waals surface area contributed by atoms with Gasteiger partial charge in [0.25, 0.3) is 0 Å². The normalized spacial score (nSPS) is 12.7. The van der Waals surface area contributed by atoms with Crippen molar-refractivity contribution in [3.63, 3.8) is 0 Å². The van der Waals surface area contributed by atoms with Crippen molar-refractivity contribution in [1.82, 2.24) is 0 Å². The molecule has 0 radical (unpaired) electrons. The van der Waals surface area contributed by atoms with Gasteiger partial charge >= 0.3 is 17.9 Å². The number of hydrogen-bond donors (Lipinski definition) is 0. The highest BCUT2D eigenvalue weighted by atomic mass is 16.6. The molecule has 0 N–H and O–H groups in total. The van der Waals surface area contributed by atoms with E-state index in [4.69, 9.17) is 14.2 Å². The van der Waals surface area contributed by atoms with Crippen molar-refractivity contribution >= 4 is 17.9 Å². The van der Waals surface area contributed by atoms with Crippen LogP contribution in [-0.2, 0) is 28.6 Å². The van der Waals surface area contributed by atoms with Gasteiger partial charge < -0.3 is 14.2 Å². The second-order valence-electron chi connectivity index (χ2n) is 22.0. The van der Waals surface area contributed by atoms with E-state index >= 15 is 0 Å². The zero-order valence-electron chi connectivity index (χ0n) is 51.4. The first-order valence-electron chi connectivity index (χ1n) is 33.2. The van der Waals surface area contributed by atoms with Crippen LogP contribution in [-0.4, -0.2) is 37.2 Å². The van der Waals surface area contributed by atoms with Crippen LogP contribution in [0.25, 0.3) is 0 Å². The Labute approximate surface area is 483 Å². The number of hydrogen-bond acceptors (Lipinski definition) is 6. The summed E-state index contributed by atoms with van der Waals surface area (Å²) < 4.78 is 16.9. The molecule has 6 heteroatoms. The lowest BCUT2D eigenvalue weighted by molar-refractivity contribution is -0.167. The molecule has 0 spiro atoms. The summed E-state index contributed by atoms with van der Waals surface area (Å²) in [6.45, 7) is 6.47. The molecule has 1 atom stereocenters. The molecule has 0 aliphatic heterocycles. The molecule has 0 aliphatic carbocycles. The molecule has 0 aliphatic rings. The Morgan fingerprint density at radius 3 is 0.821 bits per heavy atom. The summed E-state index contributed by atoms with van der Waals surface area (Å²) >= 11 is 0. The summed E-state index contributed by atoms with van der Waals surface area (Å²) in [4.78, 5) is 38.3. The second kappa shape index (κ2) is 65.8. The number of carbonyl (C=O) groups is 3. The van der Waals surface area contributed by atoms with Gasteiger partial charge in [0.05, 0.1) is 0 Å². The average Bonchev–Trinajstić information content (AvgIpc) is 3.44. The molecule has 0 aromatic rings. The Morgan fingerprint density at radius 2 is 0.513 bits per heavy atom. The van der Waals surface area contributed by atoms with Gasteiger partial charge in [-0.3, -0.25) is 14.4 Å². The molecule has 0 aromatic carbocycles. The van der Waals surface area contributed by atoms with Crippen molar-refractivity contribution in [1.29, 1.82) is 0 Å². The quantitative estimate of drug-likeness (QED) is 0.0261.